The number of phenols is 1. The van der Waals surface area contributed by atoms with Crippen molar-refractivity contribution in [1.29, 1.82) is 0 Å². The number of amides is 1. The van der Waals surface area contributed by atoms with Crippen molar-refractivity contribution in [1.82, 2.24) is 5.32 Å². The van der Waals surface area contributed by atoms with E-state index in [-0.39, 0.29) is 17.2 Å². The molecule has 0 aromatic heterocycles. The summed E-state index contributed by atoms with van der Waals surface area (Å²) in [6.45, 7) is 0.354. The number of ether oxygens (including phenoxy) is 1. The summed E-state index contributed by atoms with van der Waals surface area (Å²) in [6.07, 6.45) is 0. The molecule has 0 unspecified atom stereocenters. The Bertz CT molecular complexity index is 659. The van der Waals surface area contributed by atoms with E-state index in [1.165, 1.54) is 19.2 Å². The molecule has 0 aliphatic rings. The molecule has 6 heteroatoms. The molecular formula is C15H13BrClNO3. The van der Waals surface area contributed by atoms with Crippen molar-refractivity contribution in [3.63, 3.8) is 0 Å². The third-order valence-electron chi connectivity index (χ3n) is 2.84. The Kier molecular flexibility index (Phi) is 5.09. The van der Waals surface area contributed by atoms with Crippen LogP contribution in [0, 0.1) is 0 Å². The molecule has 110 valence electrons. The normalized spacial score (nSPS) is 10.2. The fourth-order valence-electron chi connectivity index (χ4n) is 1.84. The molecule has 2 aromatic carbocycles. The zero-order valence-corrected chi connectivity index (χ0v) is 13.5. The summed E-state index contributed by atoms with van der Waals surface area (Å²) < 4.78 is 5.70. The molecule has 1 amide bonds. The van der Waals surface area contributed by atoms with Crippen LogP contribution in [0.3, 0.4) is 0 Å². The molecular weight excluding hydrogens is 358 g/mol. The van der Waals surface area contributed by atoms with Crippen molar-refractivity contribution in [2.45, 2.75) is 6.54 Å². The largest absolute Gasteiger partial charge is 0.508 e. The predicted molar refractivity (Wildman–Crippen MR) is 85.0 cm³/mol. The van der Waals surface area contributed by atoms with Gasteiger partial charge in [0.25, 0.3) is 5.91 Å². The van der Waals surface area contributed by atoms with Gasteiger partial charge in [0.2, 0.25) is 0 Å². The number of carbonyl (C=O) groups is 1. The maximum Gasteiger partial charge on any atom is 0.255 e. The molecule has 0 heterocycles. The van der Waals surface area contributed by atoms with Gasteiger partial charge < -0.3 is 15.2 Å². The van der Waals surface area contributed by atoms with E-state index in [1.54, 1.807) is 12.1 Å². The highest BCUT2D eigenvalue weighted by Crippen LogP contribution is 2.33. The summed E-state index contributed by atoms with van der Waals surface area (Å²) in [4.78, 5) is 12.2. The van der Waals surface area contributed by atoms with Gasteiger partial charge >= 0.3 is 0 Å². The number of benzene rings is 2. The lowest BCUT2D eigenvalue weighted by atomic mass is 10.1. The lowest BCUT2D eigenvalue weighted by Gasteiger charge is -2.11. The Morgan fingerprint density at radius 1 is 1.33 bits per heavy atom. The first-order chi connectivity index (χ1) is 10.0. The lowest BCUT2D eigenvalue weighted by molar-refractivity contribution is 0.0947. The molecule has 0 aliphatic carbocycles. The van der Waals surface area contributed by atoms with Crippen molar-refractivity contribution in [2.75, 3.05) is 7.11 Å². The molecule has 0 spiro atoms. The summed E-state index contributed by atoms with van der Waals surface area (Å²) in [6, 6.07) is 10.0. The van der Waals surface area contributed by atoms with Crippen LogP contribution < -0.4 is 10.1 Å². The van der Waals surface area contributed by atoms with Crippen LogP contribution in [0.4, 0.5) is 0 Å². The molecule has 0 aliphatic heterocycles. The first-order valence-electron chi connectivity index (χ1n) is 6.10. The summed E-state index contributed by atoms with van der Waals surface area (Å²) in [7, 11) is 1.47. The number of aromatic hydroxyl groups is 1. The highest BCUT2D eigenvalue weighted by Gasteiger charge is 2.16. The van der Waals surface area contributed by atoms with Gasteiger partial charge in [-0.15, -0.1) is 0 Å². The van der Waals surface area contributed by atoms with Gasteiger partial charge in [-0.3, -0.25) is 4.79 Å². The molecule has 4 nitrogen and oxygen atoms in total. The van der Waals surface area contributed by atoms with E-state index in [0.717, 1.165) is 5.56 Å². The van der Waals surface area contributed by atoms with E-state index in [4.69, 9.17) is 16.3 Å². The zero-order chi connectivity index (χ0) is 15.4. The number of methoxy groups -OCH3 is 1. The van der Waals surface area contributed by atoms with Crippen molar-refractivity contribution in [2.24, 2.45) is 0 Å². The van der Waals surface area contributed by atoms with Crippen molar-refractivity contribution >= 4 is 33.4 Å². The monoisotopic (exact) mass is 369 g/mol. The minimum absolute atomic E-state index is 0.0145. The van der Waals surface area contributed by atoms with Gasteiger partial charge in [0.15, 0.2) is 0 Å². The lowest BCUT2D eigenvalue weighted by Crippen LogP contribution is -2.23. The Labute approximate surface area is 135 Å². The summed E-state index contributed by atoms with van der Waals surface area (Å²) in [5.41, 5.74) is 1.18. The number of phenolic OH excluding ortho intramolecular Hbond substituents is 1. The van der Waals surface area contributed by atoms with E-state index in [1.807, 2.05) is 12.1 Å². The molecule has 0 bridgehead atoms. The number of nitrogens with one attached hydrogen (secondary N) is 1. The van der Waals surface area contributed by atoms with Crippen LogP contribution in [-0.4, -0.2) is 18.1 Å². The van der Waals surface area contributed by atoms with Crippen LogP contribution in [0.1, 0.15) is 15.9 Å². The van der Waals surface area contributed by atoms with E-state index < -0.39 is 0 Å². The highest BCUT2D eigenvalue weighted by molar-refractivity contribution is 9.10. The van der Waals surface area contributed by atoms with Crippen LogP contribution in [0.25, 0.3) is 0 Å². The van der Waals surface area contributed by atoms with Crippen LogP contribution in [-0.2, 0) is 6.54 Å². The Morgan fingerprint density at radius 3 is 2.62 bits per heavy atom. The number of rotatable bonds is 4. The Hall–Kier alpha value is -1.72. The average molecular weight is 371 g/mol. The van der Waals surface area contributed by atoms with E-state index in [9.17, 15) is 9.90 Å². The fourth-order valence-corrected chi connectivity index (χ4v) is 2.57. The number of halogens is 2. The van der Waals surface area contributed by atoms with E-state index >= 15 is 0 Å². The molecule has 21 heavy (non-hydrogen) atoms. The Morgan fingerprint density at radius 2 is 2.00 bits per heavy atom. The van der Waals surface area contributed by atoms with Crippen molar-refractivity contribution in [3.05, 3.63) is 57.0 Å². The van der Waals surface area contributed by atoms with E-state index in [2.05, 4.69) is 21.2 Å². The minimum atomic E-state index is -0.335. The maximum absolute atomic E-state index is 12.2. The van der Waals surface area contributed by atoms with Gasteiger partial charge in [0.1, 0.15) is 11.5 Å². The third-order valence-corrected chi connectivity index (χ3v) is 3.68. The average Bonchev–Trinajstić information content (AvgIpc) is 2.45. The maximum atomic E-state index is 12.2. The first kappa shape index (κ1) is 15.7. The summed E-state index contributed by atoms with van der Waals surface area (Å²) in [5.74, 6) is 0.0270. The van der Waals surface area contributed by atoms with Crippen LogP contribution in [0.15, 0.2) is 40.9 Å². The Balaban J connectivity index is 2.15. The quantitative estimate of drug-likeness (QED) is 0.862. The highest BCUT2D eigenvalue weighted by atomic mass is 79.9. The molecule has 2 rings (SSSR count). The van der Waals surface area contributed by atoms with Gasteiger partial charge in [-0.1, -0.05) is 23.7 Å². The molecule has 0 saturated heterocycles. The first-order valence-corrected chi connectivity index (χ1v) is 7.27. The predicted octanol–water partition coefficient (Wildman–Crippen LogP) is 3.75. The smallest absolute Gasteiger partial charge is 0.255 e. The van der Waals surface area contributed by atoms with Crippen molar-refractivity contribution < 1.29 is 14.6 Å². The molecule has 0 atom stereocenters. The fraction of sp³-hybridized carbons (Fsp3) is 0.133. The van der Waals surface area contributed by atoms with Gasteiger partial charge in [-0.05, 0) is 45.8 Å². The minimum Gasteiger partial charge on any atom is -0.508 e. The second kappa shape index (κ2) is 6.83. The summed E-state index contributed by atoms with van der Waals surface area (Å²) >= 11 is 9.06. The number of hydrogen-bond acceptors (Lipinski definition) is 3. The molecule has 0 fully saturated rings. The summed E-state index contributed by atoms with van der Waals surface area (Å²) in [5, 5.41) is 13.0. The molecule has 0 radical (unpaired) electrons. The van der Waals surface area contributed by atoms with Gasteiger partial charge in [0.05, 0.1) is 17.1 Å². The SMILES string of the molecule is COc1c(Br)cc(O)cc1C(=O)NCc1ccc(Cl)cc1. The van der Waals surface area contributed by atoms with Crippen LogP contribution in [0.5, 0.6) is 11.5 Å². The third kappa shape index (κ3) is 3.89. The number of carbonyl (C=O) groups excluding carboxylic acids is 1. The second-order valence-electron chi connectivity index (χ2n) is 4.32. The molecule has 2 aromatic rings. The number of hydrogen-bond donors (Lipinski definition) is 2. The standard InChI is InChI=1S/C15H13BrClNO3/c1-21-14-12(6-11(19)7-13(14)16)15(20)18-8-9-2-4-10(17)5-3-9/h2-7,19H,8H2,1H3,(H,18,20). The zero-order valence-electron chi connectivity index (χ0n) is 11.2. The topological polar surface area (TPSA) is 58.6 Å². The van der Waals surface area contributed by atoms with Gasteiger partial charge in [-0.2, -0.15) is 0 Å². The van der Waals surface area contributed by atoms with Crippen LogP contribution in [0.2, 0.25) is 5.02 Å². The second-order valence-corrected chi connectivity index (χ2v) is 5.61. The van der Waals surface area contributed by atoms with E-state index in [0.29, 0.717) is 21.8 Å². The molecule has 0 saturated carbocycles. The van der Waals surface area contributed by atoms with Crippen LogP contribution >= 0.6 is 27.5 Å². The van der Waals surface area contributed by atoms with Gasteiger partial charge in [0, 0.05) is 11.6 Å². The van der Waals surface area contributed by atoms with Crippen molar-refractivity contribution in [3.8, 4) is 11.5 Å². The molecule has 2 N–H and O–H groups in total. The van der Waals surface area contributed by atoms with Gasteiger partial charge in [-0.25, -0.2) is 0 Å².